The normalized spacial score (nSPS) is 11.7. The second-order valence-electron chi connectivity index (χ2n) is 8.23. The summed E-state index contributed by atoms with van der Waals surface area (Å²) in [5.41, 5.74) is -2.77. The monoisotopic (exact) mass is 510 g/mol. The van der Waals surface area contributed by atoms with Gasteiger partial charge < -0.3 is 9.30 Å². The van der Waals surface area contributed by atoms with Gasteiger partial charge in [-0.2, -0.15) is 22.0 Å². The van der Waals surface area contributed by atoms with E-state index in [9.17, 15) is 26.7 Å². The summed E-state index contributed by atoms with van der Waals surface area (Å²) < 4.78 is 75.6. The van der Waals surface area contributed by atoms with Gasteiger partial charge in [-0.15, -0.1) is 0 Å². The summed E-state index contributed by atoms with van der Waals surface area (Å²) >= 11 is 0. The van der Waals surface area contributed by atoms with Gasteiger partial charge >= 0.3 is 12.1 Å². The SMILES string of the molecule is [C-]#[N+]c1c(C(F)(F)C(F)(F)F)cc(-c2ccc(Oc3ccccc3)cc2)n(Cc2ccccc2C)c1=O. The molecule has 0 aliphatic rings. The van der Waals surface area contributed by atoms with E-state index in [0.717, 1.165) is 10.1 Å². The van der Waals surface area contributed by atoms with Crippen molar-refractivity contribution in [3.63, 3.8) is 0 Å². The first-order chi connectivity index (χ1) is 17.5. The van der Waals surface area contributed by atoms with Crippen LogP contribution in [0.4, 0.5) is 27.6 Å². The standard InChI is InChI=1S/C28H19F5N2O2/c1-18-8-6-7-9-20(18)17-35-24(16-23(25(34-2)26(35)36)27(29,30)28(31,32)33)19-12-14-22(15-13-19)37-21-10-4-3-5-11-21/h3-16H,17H2,1H3. The van der Waals surface area contributed by atoms with E-state index in [2.05, 4.69) is 4.85 Å². The van der Waals surface area contributed by atoms with Crippen molar-refractivity contribution in [1.29, 1.82) is 0 Å². The Morgan fingerprint density at radius 2 is 1.46 bits per heavy atom. The highest BCUT2D eigenvalue weighted by Crippen LogP contribution is 2.47. The highest BCUT2D eigenvalue weighted by atomic mass is 19.4. The van der Waals surface area contributed by atoms with Gasteiger partial charge in [0.2, 0.25) is 0 Å². The first kappa shape index (κ1) is 25.6. The summed E-state index contributed by atoms with van der Waals surface area (Å²) in [5.74, 6) is -4.47. The Labute approximate surface area is 209 Å². The fourth-order valence-corrected chi connectivity index (χ4v) is 3.81. The number of ether oxygens (including phenoxy) is 1. The van der Waals surface area contributed by atoms with Crippen molar-refractivity contribution in [2.24, 2.45) is 0 Å². The van der Waals surface area contributed by atoms with E-state index in [1.807, 2.05) is 6.07 Å². The van der Waals surface area contributed by atoms with Crippen molar-refractivity contribution in [2.45, 2.75) is 25.6 Å². The lowest BCUT2D eigenvalue weighted by Gasteiger charge is -2.24. The lowest BCUT2D eigenvalue weighted by Crippen LogP contribution is -2.36. The number of nitrogens with zero attached hydrogens (tertiary/aromatic N) is 2. The maximum Gasteiger partial charge on any atom is 0.456 e. The fourth-order valence-electron chi connectivity index (χ4n) is 3.81. The summed E-state index contributed by atoms with van der Waals surface area (Å²) in [4.78, 5) is 16.0. The first-order valence-electron chi connectivity index (χ1n) is 11.0. The third-order valence-electron chi connectivity index (χ3n) is 5.80. The predicted molar refractivity (Wildman–Crippen MR) is 129 cm³/mol. The summed E-state index contributed by atoms with van der Waals surface area (Å²) in [6.45, 7) is 8.87. The van der Waals surface area contributed by atoms with E-state index in [1.165, 1.54) is 24.3 Å². The number of para-hydroxylation sites is 1. The second kappa shape index (κ2) is 9.90. The van der Waals surface area contributed by atoms with Crippen LogP contribution in [0.3, 0.4) is 0 Å². The van der Waals surface area contributed by atoms with Crippen molar-refractivity contribution in [2.75, 3.05) is 0 Å². The molecule has 0 bridgehead atoms. The Bertz CT molecular complexity index is 1520. The molecule has 0 aliphatic carbocycles. The molecule has 188 valence electrons. The van der Waals surface area contributed by atoms with Crippen LogP contribution in [0.25, 0.3) is 16.1 Å². The van der Waals surface area contributed by atoms with Crippen molar-refractivity contribution in [3.8, 4) is 22.8 Å². The second-order valence-corrected chi connectivity index (χ2v) is 8.23. The molecule has 3 aromatic carbocycles. The van der Waals surface area contributed by atoms with Crippen LogP contribution >= 0.6 is 0 Å². The molecule has 1 aromatic heterocycles. The number of alkyl halides is 5. The topological polar surface area (TPSA) is 35.6 Å². The average Bonchev–Trinajstić information content (AvgIpc) is 2.86. The van der Waals surface area contributed by atoms with Crippen LogP contribution in [0.15, 0.2) is 89.7 Å². The van der Waals surface area contributed by atoms with Gasteiger partial charge in [-0.05, 0) is 66.1 Å². The molecular weight excluding hydrogens is 491 g/mol. The number of aryl methyl sites for hydroxylation is 1. The lowest BCUT2D eigenvalue weighted by molar-refractivity contribution is -0.289. The van der Waals surface area contributed by atoms with Crippen molar-refractivity contribution < 1.29 is 26.7 Å². The molecule has 4 nitrogen and oxygen atoms in total. The quantitative estimate of drug-likeness (QED) is 0.196. The van der Waals surface area contributed by atoms with Crippen LogP contribution in [0, 0.1) is 13.5 Å². The van der Waals surface area contributed by atoms with E-state index in [4.69, 9.17) is 11.3 Å². The molecule has 0 atom stereocenters. The molecule has 4 aromatic rings. The number of benzene rings is 3. The Balaban J connectivity index is 1.90. The predicted octanol–water partition coefficient (Wildman–Crippen LogP) is 7.87. The molecule has 0 aliphatic heterocycles. The Kier molecular flexibility index (Phi) is 6.86. The fraction of sp³-hybridized carbons (Fsp3) is 0.143. The van der Waals surface area contributed by atoms with Crippen molar-refractivity contribution in [3.05, 3.63) is 123 Å². The Morgan fingerprint density at radius 3 is 2.05 bits per heavy atom. The van der Waals surface area contributed by atoms with E-state index in [1.54, 1.807) is 55.5 Å². The average molecular weight is 510 g/mol. The smallest absolute Gasteiger partial charge is 0.456 e. The third kappa shape index (κ3) is 5.09. The molecule has 1 heterocycles. The first-order valence-corrected chi connectivity index (χ1v) is 11.0. The highest BCUT2D eigenvalue weighted by molar-refractivity contribution is 5.67. The molecule has 9 heteroatoms. The van der Waals surface area contributed by atoms with Crippen LogP contribution < -0.4 is 10.3 Å². The van der Waals surface area contributed by atoms with Crippen LogP contribution in [-0.2, 0) is 12.5 Å². The van der Waals surface area contributed by atoms with E-state index in [0.29, 0.717) is 23.1 Å². The Hall–Kier alpha value is -4.45. The molecule has 0 spiro atoms. The number of aromatic nitrogens is 1. The van der Waals surface area contributed by atoms with Gasteiger partial charge in [-0.1, -0.05) is 42.5 Å². The van der Waals surface area contributed by atoms with E-state index >= 15 is 0 Å². The van der Waals surface area contributed by atoms with Gasteiger partial charge in [-0.3, -0.25) is 4.79 Å². The minimum atomic E-state index is -5.99. The van der Waals surface area contributed by atoms with Crippen LogP contribution in [0.1, 0.15) is 16.7 Å². The zero-order chi connectivity index (χ0) is 26.8. The molecule has 0 N–H and O–H groups in total. The van der Waals surface area contributed by atoms with Gasteiger partial charge in [0.1, 0.15) is 11.5 Å². The summed E-state index contributed by atoms with van der Waals surface area (Å²) in [5, 5.41) is 0. The molecule has 37 heavy (non-hydrogen) atoms. The van der Waals surface area contributed by atoms with Gasteiger partial charge in [0, 0.05) is 11.3 Å². The van der Waals surface area contributed by atoms with Crippen LogP contribution in [0.5, 0.6) is 11.5 Å². The lowest BCUT2D eigenvalue weighted by atomic mass is 10.0. The van der Waals surface area contributed by atoms with Gasteiger partial charge in [0.05, 0.1) is 13.1 Å². The largest absolute Gasteiger partial charge is 0.457 e. The van der Waals surface area contributed by atoms with Crippen LogP contribution in [0.2, 0.25) is 0 Å². The number of pyridine rings is 1. The molecular formula is C28H19F5N2O2. The molecule has 0 radical (unpaired) electrons. The zero-order valence-electron chi connectivity index (χ0n) is 19.4. The molecule has 0 amide bonds. The number of rotatable bonds is 6. The third-order valence-corrected chi connectivity index (χ3v) is 5.80. The zero-order valence-corrected chi connectivity index (χ0v) is 19.4. The minimum Gasteiger partial charge on any atom is -0.457 e. The van der Waals surface area contributed by atoms with Gasteiger partial charge in [0.15, 0.2) is 0 Å². The molecule has 4 rings (SSSR count). The maximum absolute atomic E-state index is 14.5. The summed E-state index contributed by atoms with van der Waals surface area (Å²) in [6, 6.07) is 22.3. The van der Waals surface area contributed by atoms with E-state index in [-0.39, 0.29) is 17.8 Å². The molecule has 0 saturated carbocycles. The number of halogens is 5. The number of hydrogen-bond donors (Lipinski definition) is 0. The van der Waals surface area contributed by atoms with Crippen molar-refractivity contribution >= 4 is 5.69 Å². The maximum atomic E-state index is 14.5. The summed E-state index contributed by atoms with van der Waals surface area (Å²) in [7, 11) is 0. The number of hydrogen-bond acceptors (Lipinski definition) is 2. The highest BCUT2D eigenvalue weighted by Gasteiger charge is 2.60. The van der Waals surface area contributed by atoms with Crippen molar-refractivity contribution in [1.82, 2.24) is 4.57 Å². The van der Waals surface area contributed by atoms with E-state index < -0.39 is 28.9 Å². The minimum absolute atomic E-state index is 0.135. The van der Waals surface area contributed by atoms with Gasteiger partial charge in [-0.25, -0.2) is 4.85 Å². The molecule has 0 fully saturated rings. The van der Waals surface area contributed by atoms with Crippen LogP contribution in [-0.4, -0.2) is 10.7 Å². The Morgan fingerprint density at radius 1 is 0.865 bits per heavy atom. The molecule has 0 unspecified atom stereocenters. The summed E-state index contributed by atoms with van der Waals surface area (Å²) in [6.07, 6.45) is -5.99. The molecule has 0 saturated heterocycles. The van der Waals surface area contributed by atoms with Gasteiger partial charge in [0.25, 0.3) is 11.2 Å².